The van der Waals surface area contributed by atoms with E-state index in [4.69, 9.17) is 5.26 Å². The summed E-state index contributed by atoms with van der Waals surface area (Å²) in [5.41, 5.74) is 0.190. The van der Waals surface area contributed by atoms with Crippen molar-refractivity contribution in [3.8, 4) is 6.07 Å². The molecule has 3 nitrogen and oxygen atoms in total. The van der Waals surface area contributed by atoms with Gasteiger partial charge in [-0.15, -0.1) is 0 Å². The lowest BCUT2D eigenvalue weighted by Crippen LogP contribution is -2.62. The summed E-state index contributed by atoms with van der Waals surface area (Å²) in [7, 11) is 2.13. The van der Waals surface area contributed by atoms with Gasteiger partial charge < -0.3 is 4.90 Å². The molecule has 0 aromatic rings. The highest BCUT2D eigenvalue weighted by atomic mass is 15.3. The lowest BCUT2D eigenvalue weighted by Gasteiger charge is -2.49. The number of nitrogens with zero attached hydrogens (tertiary/aromatic N) is 3. The first-order valence-electron chi connectivity index (χ1n) is 5.33. The van der Waals surface area contributed by atoms with Crippen molar-refractivity contribution in [3.63, 3.8) is 0 Å². The molecule has 0 spiro atoms. The summed E-state index contributed by atoms with van der Waals surface area (Å²) in [6, 6.07) is 2.67. The summed E-state index contributed by atoms with van der Waals surface area (Å²) < 4.78 is 0. The third kappa shape index (κ3) is 2.26. The van der Waals surface area contributed by atoms with Crippen LogP contribution in [0.1, 0.15) is 27.2 Å². The maximum Gasteiger partial charge on any atom is 0.0638 e. The Labute approximate surface area is 87.3 Å². The lowest BCUT2D eigenvalue weighted by atomic mass is 9.94. The largest absolute Gasteiger partial charge is 0.300 e. The maximum absolute atomic E-state index is 8.77. The van der Waals surface area contributed by atoms with Gasteiger partial charge in [0.2, 0.25) is 0 Å². The second-order valence-corrected chi connectivity index (χ2v) is 4.77. The zero-order chi connectivity index (χ0) is 10.8. The molecule has 1 unspecified atom stereocenters. The molecular formula is C11H21N3. The molecule has 1 aliphatic rings. The van der Waals surface area contributed by atoms with Gasteiger partial charge in [0, 0.05) is 24.7 Å². The van der Waals surface area contributed by atoms with Gasteiger partial charge in [-0.2, -0.15) is 5.26 Å². The van der Waals surface area contributed by atoms with Gasteiger partial charge in [-0.1, -0.05) is 6.92 Å². The second kappa shape index (κ2) is 4.29. The van der Waals surface area contributed by atoms with Crippen molar-refractivity contribution in [1.82, 2.24) is 9.80 Å². The molecule has 0 aliphatic carbocycles. The summed E-state index contributed by atoms with van der Waals surface area (Å²) in [5, 5.41) is 8.77. The van der Waals surface area contributed by atoms with Gasteiger partial charge in [-0.3, -0.25) is 4.90 Å². The number of hydrogen-bond donors (Lipinski definition) is 0. The molecule has 1 heterocycles. The molecule has 0 radical (unpaired) electrons. The second-order valence-electron chi connectivity index (χ2n) is 4.77. The SMILES string of the molecule is CCN1CC(CC#N)N(C)C(C)(C)C1. The minimum atomic E-state index is 0.190. The van der Waals surface area contributed by atoms with Crippen LogP contribution in [0.5, 0.6) is 0 Å². The normalized spacial score (nSPS) is 28.6. The Kier molecular flexibility index (Phi) is 3.52. The Balaban J connectivity index is 2.72. The molecular weight excluding hydrogens is 174 g/mol. The number of rotatable bonds is 2. The standard InChI is InChI=1S/C11H21N3/c1-5-14-8-10(6-7-12)13(4)11(2,3)9-14/h10H,5-6,8-9H2,1-4H3. The molecule has 80 valence electrons. The van der Waals surface area contributed by atoms with Crippen LogP contribution in [0, 0.1) is 11.3 Å². The fourth-order valence-electron chi connectivity index (χ4n) is 2.19. The fourth-order valence-corrected chi connectivity index (χ4v) is 2.19. The van der Waals surface area contributed by atoms with Crippen LogP contribution in [0.2, 0.25) is 0 Å². The molecule has 0 saturated carbocycles. The van der Waals surface area contributed by atoms with Crippen molar-refractivity contribution < 1.29 is 0 Å². The van der Waals surface area contributed by atoms with E-state index in [1.165, 1.54) is 0 Å². The van der Waals surface area contributed by atoms with Crippen LogP contribution >= 0.6 is 0 Å². The minimum absolute atomic E-state index is 0.190. The predicted octanol–water partition coefficient (Wildman–Crippen LogP) is 1.31. The monoisotopic (exact) mass is 195 g/mol. The molecule has 1 fully saturated rings. The van der Waals surface area contributed by atoms with E-state index in [1.54, 1.807) is 0 Å². The van der Waals surface area contributed by atoms with Crippen LogP contribution in [0.15, 0.2) is 0 Å². The zero-order valence-electron chi connectivity index (χ0n) is 9.75. The molecule has 0 N–H and O–H groups in total. The fraction of sp³-hybridized carbons (Fsp3) is 0.909. The minimum Gasteiger partial charge on any atom is -0.300 e. The highest BCUT2D eigenvalue weighted by Gasteiger charge is 2.36. The molecule has 0 aromatic heterocycles. The average Bonchev–Trinajstić information content (AvgIpc) is 2.12. The van der Waals surface area contributed by atoms with Crippen molar-refractivity contribution >= 4 is 0 Å². The van der Waals surface area contributed by atoms with Gasteiger partial charge in [0.1, 0.15) is 0 Å². The number of piperazine rings is 1. The van der Waals surface area contributed by atoms with E-state index in [0.717, 1.165) is 19.6 Å². The molecule has 1 atom stereocenters. The molecule has 1 rings (SSSR count). The van der Waals surface area contributed by atoms with E-state index in [0.29, 0.717) is 12.5 Å². The van der Waals surface area contributed by atoms with E-state index >= 15 is 0 Å². The molecule has 0 bridgehead atoms. The topological polar surface area (TPSA) is 30.3 Å². The van der Waals surface area contributed by atoms with Crippen molar-refractivity contribution in [2.45, 2.75) is 38.8 Å². The van der Waals surface area contributed by atoms with E-state index < -0.39 is 0 Å². The molecule has 1 saturated heterocycles. The Morgan fingerprint density at radius 3 is 2.64 bits per heavy atom. The molecule has 14 heavy (non-hydrogen) atoms. The van der Waals surface area contributed by atoms with Crippen molar-refractivity contribution in [1.29, 1.82) is 5.26 Å². The van der Waals surface area contributed by atoms with Crippen LogP contribution in [-0.4, -0.2) is 48.1 Å². The number of likely N-dealkylation sites (N-methyl/N-ethyl adjacent to an activating group) is 2. The smallest absolute Gasteiger partial charge is 0.0638 e. The predicted molar refractivity (Wildman–Crippen MR) is 58.0 cm³/mol. The summed E-state index contributed by atoms with van der Waals surface area (Å²) >= 11 is 0. The van der Waals surface area contributed by atoms with Crippen LogP contribution in [0.4, 0.5) is 0 Å². The van der Waals surface area contributed by atoms with Crippen LogP contribution in [-0.2, 0) is 0 Å². The van der Waals surface area contributed by atoms with Crippen molar-refractivity contribution in [3.05, 3.63) is 0 Å². The van der Waals surface area contributed by atoms with Crippen molar-refractivity contribution in [2.75, 3.05) is 26.7 Å². The van der Waals surface area contributed by atoms with Gasteiger partial charge in [0.25, 0.3) is 0 Å². The highest BCUT2D eigenvalue weighted by Crippen LogP contribution is 2.24. The maximum atomic E-state index is 8.77. The van der Waals surface area contributed by atoms with E-state index in [-0.39, 0.29) is 5.54 Å². The molecule has 1 aliphatic heterocycles. The van der Waals surface area contributed by atoms with Gasteiger partial charge >= 0.3 is 0 Å². The van der Waals surface area contributed by atoms with E-state index in [1.807, 2.05) is 0 Å². The van der Waals surface area contributed by atoms with E-state index in [9.17, 15) is 0 Å². The first-order valence-corrected chi connectivity index (χ1v) is 5.33. The van der Waals surface area contributed by atoms with Crippen LogP contribution < -0.4 is 0 Å². The van der Waals surface area contributed by atoms with Crippen LogP contribution in [0.3, 0.4) is 0 Å². The number of hydrogen-bond acceptors (Lipinski definition) is 3. The molecule has 0 aromatic carbocycles. The molecule has 0 amide bonds. The van der Waals surface area contributed by atoms with Crippen LogP contribution in [0.25, 0.3) is 0 Å². The van der Waals surface area contributed by atoms with Gasteiger partial charge in [-0.05, 0) is 27.4 Å². The quantitative estimate of drug-likeness (QED) is 0.665. The Morgan fingerprint density at radius 1 is 1.50 bits per heavy atom. The van der Waals surface area contributed by atoms with Gasteiger partial charge in [-0.25, -0.2) is 0 Å². The third-order valence-electron chi connectivity index (χ3n) is 3.36. The third-order valence-corrected chi connectivity index (χ3v) is 3.36. The summed E-state index contributed by atoms with van der Waals surface area (Å²) in [4.78, 5) is 4.78. The van der Waals surface area contributed by atoms with E-state index in [2.05, 4.69) is 43.7 Å². The Morgan fingerprint density at radius 2 is 2.14 bits per heavy atom. The highest BCUT2D eigenvalue weighted by molar-refractivity contribution is 4.96. The van der Waals surface area contributed by atoms with Crippen molar-refractivity contribution in [2.24, 2.45) is 0 Å². The van der Waals surface area contributed by atoms with Gasteiger partial charge in [0.05, 0.1) is 12.5 Å². The number of nitriles is 1. The Bertz CT molecular complexity index is 229. The molecule has 3 heteroatoms. The summed E-state index contributed by atoms with van der Waals surface area (Å²) in [5.74, 6) is 0. The average molecular weight is 195 g/mol. The first-order chi connectivity index (χ1) is 6.51. The first kappa shape index (κ1) is 11.5. The lowest BCUT2D eigenvalue weighted by molar-refractivity contribution is -0.00205. The Hall–Kier alpha value is -0.590. The zero-order valence-corrected chi connectivity index (χ0v) is 9.75. The summed E-state index contributed by atoms with van der Waals surface area (Å²) in [6.07, 6.45) is 0.635. The van der Waals surface area contributed by atoms with Gasteiger partial charge in [0.15, 0.2) is 0 Å². The summed E-state index contributed by atoms with van der Waals surface area (Å²) in [6.45, 7) is 9.90.